The summed E-state index contributed by atoms with van der Waals surface area (Å²) in [5.41, 5.74) is 0.0189. The number of nitrogens with zero attached hydrogens (tertiary/aromatic N) is 1. The maximum absolute atomic E-state index is 11.5. The summed E-state index contributed by atoms with van der Waals surface area (Å²) in [6.45, 7) is 5.08. The number of aromatic amines is 1. The molecule has 2 heterocycles. The standard InChI is InChI=1S/C16H21N3O8/c1-7-5-17-16(23)19-14(7)18-15-13(26-10(4)22)12(25-9(3)21)11(27-15)6-24-8(2)20/h5,11-13,15H,6H2,1-4H3,(H2,17,18,19,23)/t11-,12+,13-,15-/m1/s1. The molecule has 4 atom stereocenters. The van der Waals surface area contributed by atoms with E-state index in [1.54, 1.807) is 6.92 Å². The number of aryl methyl sites for hydroxylation is 1. The van der Waals surface area contributed by atoms with Crippen molar-refractivity contribution in [3.63, 3.8) is 0 Å². The van der Waals surface area contributed by atoms with Gasteiger partial charge in [-0.15, -0.1) is 0 Å². The summed E-state index contributed by atoms with van der Waals surface area (Å²) in [5, 5.41) is 2.86. The van der Waals surface area contributed by atoms with Crippen LogP contribution < -0.4 is 11.0 Å². The molecule has 0 radical (unpaired) electrons. The van der Waals surface area contributed by atoms with Crippen LogP contribution >= 0.6 is 0 Å². The van der Waals surface area contributed by atoms with E-state index in [4.69, 9.17) is 18.9 Å². The molecule has 11 heteroatoms. The first-order valence-corrected chi connectivity index (χ1v) is 8.13. The van der Waals surface area contributed by atoms with Gasteiger partial charge >= 0.3 is 23.6 Å². The van der Waals surface area contributed by atoms with Crippen molar-refractivity contribution < 1.29 is 33.3 Å². The number of anilines is 1. The molecule has 2 rings (SSSR count). The van der Waals surface area contributed by atoms with Gasteiger partial charge in [0, 0.05) is 32.5 Å². The highest BCUT2D eigenvalue weighted by atomic mass is 16.7. The Morgan fingerprint density at radius 1 is 1.15 bits per heavy atom. The smallest absolute Gasteiger partial charge is 0.346 e. The second-order valence-corrected chi connectivity index (χ2v) is 5.93. The third kappa shape index (κ3) is 5.51. The van der Waals surface area contributed by atoms with Gasteiger partial charge in [-0.1, -0.05) is 0 Å². The fraction of sp³-hybridized carbons (Fsp3) is 0.562. The summed E-state index contributed by atoms with van der Waals surface area (Å²) in [7, 11) is 0. The molecule has 2 N–H and O–H groups in total. The van der Waals surface area contributed by atoms with Crippen LogP contribution in [0.4, 0.5) is 5.82 Å². The Morgan fingerprint density at radius 2 is 1.78 bits per heavy atom. The van der Waals surface area contributed by atoms with E-state index in [1.807, 2.05) is 0 Å². The summed E-state index contributed by atoms with van der Waals surface area (Å²) < 4.78 is 21.2. The van der Waals surface area contributed by atoms with E-state index in [1.165, 1.54) is 27.0 Å². The zero-order valence-corrected chi connectivity index (χ0v) is 15.3. The van der Waals surface area contributed by atoms with E-state index >= 15 is 0 Å². The highest BCUT2D eigenvalue weighted by Gasteiger charge is 2.50. The van der Waals surface area contributed by atoms with Crippen LogP contribution in [0, 0.1) is 6.92 Å². The molecular weight excluding hydrogens is 362 g/mol. The van der Waals surface area contributed by atoms with Gasteiger partial charge < -0.3 is 29.2 Å². The van der Waals surface area contributed by atoms with Crippen molar-refractivity contribution >= 4 is 23.7 Å². The molecule has 0 saturated carbocycles. The molecule has 27 heavy (non-hydrogen) atoms. The molecule has 0 aromatic carbocycles. The van der Waals surface area contributed by atoms with Crippen LogP contribution in [0.15, 0.2) is 11.0 Å². The zero-order valence-electron chi connectivity index (χ0n) is 15.3. The van der Waals surface area contributed by atoms with Crippen molar-refractivity contribution in [3.05, 3.63) is 22.2 Å². The number of carbonyl (C=O) groups excluding carboxylic acids is 3. The van der Waals surface area contributed by atoms with Crippen LogP contribution in [-0.2, 0) is 33.3 Å². The lowest BCUT2D eigenvalue weighted by Crippen LogP contribution is -2.43. The normalized spacial score (nSPS) is 24.1. The van der Waals surface area contributed by atoms with Gasteiger partial charge in [-0.05, 0) is 6.92 Å². The lowest BCUT2D eigenvalue weighted by atomic mass is 10.1. The average Bonchev–Trinajstić information content (AvgIpc) is 2.85. The first-order valence-electron chi connectivity index (χ1n) is 8.13. The number of nitrogens with one attached hydrogen (secondary N) is 2. The van der Waals surface area contributed by atoms with Crippen molar-refractivity contribution in [2.45, 2.75) is 52.2 Å². The van der Waals surface area contributed by atoms with Crippen molar-refractivity contribution in [1.29, 1.82) is 0 Å². The molecule has 0 amide bonds. The molecule has 1 aromatic heterocycles. The molecule has 1 aromatic rings. The Bertz CT molecular complexity index is 777. The van der Waals surface area contributed by atoms with Gasteiger partial charge in [0.15, 0.2) is 18.4 Å². The van der Waals surface area contributed by atoms with E-state index in [-0.39, 0.29) is 12.4 Å². The number of aromatic nitrogens is 2. The van der Waals surface area contributed by atoms with E-state index in [9.17, 15) is 19.2 Å². The highest BCUT2D eigenvalue weighted by Crippen LogP contribution is 2.28. The first kappa shape index (κ1) is 20.4. The highest BCUT2D eigenvalue weighted by molar-refractivity contribution is 5.68. The molecular formula is C16H21N3O8. The third-order valence-corrected chi connectivity index (χ3v) is 3.64. The minimum Gasteiger partial charge on any atom is -0.463 e. The zero-order chi connectivity index (χ0) is 20.1. The van der Waals surface area contributed by atoms with Gasteiger partial charge in [-0.25, -0.2) is 4.79 Å². The SMILES string of the molecule is CC(=O)OC[C@H]1O[C@@H](Nc2nc(=O)[nH]cc2C)[C@H](OC(C)=O)[C@H]1OC(C)=O. The average molecular weight is 383 g/mol. The molecule has 148 valence electrons. The van der Waals surface area contributed by atoms with Crippen molar-refractivity contribution in [2.24, 2.45) is 0 Å². The Hall–Kier alpha value is -2.95. The van der Waals surface area contributed by atoms with Gasteiger partial charge in [0.1, 0.15) is 18.5 Å². The number of hydrogen-bond acceptors (Lipinski definition) is 10. The Morgan fingerprint density at radius 3 is 2.37 bits per heavy atom. The molecule has 0 unspecified atom stereocenters. The predicted octanol–water partition coefficient (Wildman–Crippen LogP) is -0.358. The molecule has 1 aliphatic rings. The van der Waals surface area contributed by atoms with Crippen molar-refractivity contribution in [1.82, 2.24) is 9.97 Å². The van der Waals surface area contributed by atoms with Gasteiger partial charge in [0.25, 0.3) is 0 Å². The van der Waals surface area contributed by atoms with Gasteiger partial charge in [0.05, 0.1) is 0 Å². The Labute approximate surface area is 154 Å². The summed E-state index contributed by atoms with van der Waals surface area (Å²) >= 11 is 0. The van der Waals surface area contributed by atoms with Gasteiger partial charge in [0.2, 0.25) is 0 Å². The minimum atomic E-state index is -1.05. The molecule has 0 aliphatic carbocycles. The van der Waals surface area contributed by atoms with Crippen LogP contribution in [0.3, 0.4) is 0 Å². The number of hydrogen-bond donors (Lipinski definition) is 2. The minimum absolute atomic E-state index is 0.204. The van der Waals surface area contributed by atoms with Gasteiger partial charge in [-0.3, -0.25) is 14.4 Å². The van der Waals surface area contributed by atoms with Crippen LogP contribution in [0.1, 0.15) is 26.3 Å². The quantitative estimate of drug-likeness (QED) is 0.493. The summed E-state index contributed by atoms with van der Waals surface area (Å²) in [6.07, 6.45) is -2.50. The lowest BCUT2D eigenvalue weighted by molar-refractivity contribution is -0.165. The fourth-order valence-electron chi connectivity index (χ4n) is 2.57. The fourth-order valence-corrected chi connectivity index (χ4v) is 2.57. The van der Waals surface area contributed by atoms with E-state index in [2.05, 4.69) is 15.3 Å². The lowest BCUT2D eigenvalue weighted by Gasteiger charge is -2.24. The van der Waals surface area contributed by atoms with Crippen molar-refractivity contribution in [3.8, 4) is 0 Å². The second kappa shape index (κ2) is 8.62. The number of carbonyl (C=O) groups is 3. The van der Waals surface area contributed by atoms with E-state index < -0.39 is 48.1 Å². The Kier molecular flexibility index (Phi) is 6.50. The predicted molar refractivity (Wildman–Crippen MR) is 89.6 cm³/mol. The van der Waals surface area contributed by atoms with Crippen LogP contribution in [-0.4, -0.2) is 59.0 Å². The van der Waals surface area contributed by atoms with E-state index in [0.717, 1.165) is 0 Å². The summed E-state index contributed by atoms with van der Waals surface area (Å²) in [4.78, 5) is 51.8. The topological polar surface area (TPSA) is 146 Å². The maximum Gasteiger partial charge on any atom is 0.346 e. The van der Waals surface area contributed by atoms with Gasteiger partial charge in [-0.2, -0.15) is 4.98 Å². The largest absolute Gasteiger partial charge is 0.463 e. The molecule has 1 fully saturated rings. The molecule has 11 nitrogen and oxygen atoms in total. The summed E-state index contributed by atoms with van der Waals surface area (Å²) in [6, 6.07) is 0. The number of ether oxygens (including phenoxy) is 4. The van der Waals surface area contributed by atoms with Crippen LogP contribution in [0.5, 0.6) is 0 Å². The molecule has 1 aliphatic heterocycles. The number of rotatable bonds is 6. The van der Waals surface area contributed by atoms with Crippen LogP contribution in [0.2, 0.25) is 0 Å². The van der Waals surface area contributed by atoms with Crippen molar-refractivity contribution in [2.75, 3.05) is 11.9 Å². The molecule has 0 bridgehead atoms. The Balaban J connectivity index is 2.30. The third-order valence-electron chi connectivity index (χ3n) is 3.64. The maximum atomic E-state index is 11.5. The molecule has 1 saturated heterocycles. The first-order chi connectivity index (χ1) is 12.7. The van der Waals surface area contributed by atoms with Crippen LogP contribution in [0.25, 0.3) is 0 Å². The van der Waals surface area contributed by atoms with E-state index in [0.29, 0.717) is 5.56 Å². The number of esters is 3. The molecule has 0 spiro atoms. The second-order valence-electron chi connectivity index (χ2n) is 5.93. The number of H-pyrrole nitrogens is 1. The monoisotopic (exact) mass is 383 g/mol. The summed E-state index contributed by atoms with van der Waals surface area (Å²) in [5.74, 6) is -1.60.